The van der Waals surface area contributed by atoms with E-state index in [2.05, 4.69) is 66.0 Å². The maximum atomic E-state index is 4.19. The molecule has 0 aromatic heterocycles. The molecule has 0 nitrogen and oxygen atoms in total. The van der Waals surface area contributed by atoms with Gasteiger partial charge >= 0.3 is 0 Å². The van der Waals surface area contributed by atoms with E-state index in [0.29, 0.717) is 11.2 Å². The zero-order valence-electron chi connectivity index (χ0n) is 8.83. The van der Waals surface area contributed by atoms with Crippen LogP contribution in [0, 0.1) is 5.92 Å². The van der Waals surface area contributed by atoms with Crippen LogP contribution in [-0.4, -0.2) is 11.0 Å². The maximum Gasteiger partial charge on any atom is 0.00849 e. The van der Waals surface area contributed by atoms with Crippen molar-refractivity contribution in [2.45, 2.75) is 39.9 Å². The van der Waals surface area contributed by atoms with E-state index in [1.54, 1.807) is 0 Å². The molecule has 0 saturated heterocycles. The summed E-state index contributed by atoms with van der Waals surface area (Å²) in [4.78, 5) is 0. The first-order chi connectivity index (χ1) is 5.41. The van der Waals surface area contributed by atoms with Crippen molar-refractivity contribution in [3.05, 3.63) is 11.6 Å². The molecule has 0 amide bonds. The fraction of sp³-hybridized carbons (Fsp3) is 0.800. The fourth-order valence-corrected chi connectivity index (χ4v) is 0.548. The Morgan fingerprint density at radius 1 is 1.25 bits per heavy atom. The van der Waals surface area contributed by atoms with Gasteiger partial charge in [-0.2, -0.15) is 25.3 Å². The highest BCUT2D eigenvalue weighted by atomic mass is 32.1. The highest BCUT2D eigenvalue weighted by molar-refractivity contribution is 7.81. The molecule has 0 aliphatic rings. The van der Waals surface area contributed by atoms with Gasteiger partial charge in [0.1, 0.15) is 0 Å². The van der Waals surface area contributed by atoms with E-state index < -0.39 is 0 Å². The number of hydrogen-bond donors (Lipinski definition) is 2. The molecule has 0 aromatic rings. The quantitative estimate of drug-likeness (QED) is 0.498. The SMILES string of the molecule is CC(C)=CCS.CC(C)C(C)S. The van der Waals surface area contributed by atoms with Crippen LogP contribution in [0.1, 0.15) is 34.6 Å². The molecule has 2 heteroatoms. The summed E-state index contributed by atoms with van der Waals surface area (Å²) < 4.78 is 0. The Hall–Kier alpha value is 0.440. The molecule has 0 heterocycles. The molecule has 0 N–H and O–H groups in total. The largest absolute Gasteiger partial charge is 0.176 e. The molecule has 1 atom stereocenters. The van der Waals surface area contributed by atoms with Crippen LogP contribution >= 0.6 is 25.3 Å². The molecule has 0 rings (SSSR count). The van der Waals surface area contributed by atoms with Gasteiger partial charge in [-0.15, -0.1) is 0 Å². The molecule has 0 radical (unpaired) electrons. The smallest absolute Gasteiger partial charge is 0.00849 e. The Balaban J connectivity index is 0. The van der Waals surface area contributed by atoms with Gasteiger partial charge in [0, 0.05) is 11.0 Å². The monoisotopic (exact) mass is 206 g/mol. The molecule has 0 aliphatic heterocycles. The maximum absolute atomic E-state index is 4.19. The summed E-state index contributed by atoms with van der Waals surface area (Å²) in [5.74, 6) is 1.58. The Bertz CT molecular complexity index is 105. The number of allylic oxidation sites excluding steroid dienone is 1. The van der Waals surface area contributed by atoms with E-state index >= 15 is 0 Å². The Morgan fingerprint density at radius 3 is 1.58 bits per heavy atom. The summed E-state index contributed by atoms with van der Waals surface area (Å²) in [5, 5.41) is 0.546. The second-order valence-corrected chi connectivity index (χ2v) is 4.63. The van der Waals surface area contributed by atoms with Crippen molar-refractivity contribution in [1.82, 2.24) is 0 Å². The lowest BCUT2D eigenvalue weighted by Crippen LogP contribution is -1.99. The van der Waals surface area contributed by atoms with Gasteiger partial charge in [-0.25, -0.2) is 0 Å². The van der Waals surface area contributed by atoms with Crippen LogP contribution in [0.3, 0.4) is 0 Å². The summed E-state index contributed by atoms with van der Waals surface area (Å²) in [6.45, 7) is 10.6. The molecule has 0 bridgehead atoms. The molecule has 0 aromatic carbocycles. The van der Waals surface area contributed by atoms with Gasteiger partial charge in [0.05, 0.1) is 0 Å². The van der Waals surface area contributed by atoms with Gasteiger partial charge in [-0.05, 0) is 19.8 Å². The Morgan fingerprint density at radius 2 is 1.58 bits per heavy atom. The van der Waals surface area contributed by atoms with Crippen molar-refractivity contribution in [3.63, 3.8) is 0 Å². The summed E-state index contributed by atoms with van der Waals surface area (Å²) in [7, 11) is 0. The molecule has 74 valence electrons. The summed E-state index contributed by atoms with van der Waals surface area (Å²) >= 11 is 8.18. The topological polar surface area (TPSA) is 0 Å². The molecule has 0 saturated carbocycles. The molecule has 12 heavy (non-hydrogen) atoms. The van der Waals surface area contributed by atoms with Crippen molar-refractivity contribution in [3.8, 4) is 0 Å². The van der Waals surface area contributed by atoms with Crippen molar-refractivity contribution in [2.24, 2.45) is 5.92 Å². The van der Waals surface area contributed by atoms with E-state index in [4.69, 9.17) is 0 Å². The summed E-state index contributed by atoms with van der Waals surface area (Å²) in [6.07, 6.45) is 2.07. The first kappa shape index (κ1) is 14.9. The minimum absolute atomic E-state index is 0.546. The fourth-order valence-electron chi connectivity index (χ4n) is 0.183. The van der Waals surface area contributed by atoms with Gasteiger partial charge < -0.3 is 0 Å². The van der Waals surface area contributed by atoms with Crippen LogP contribution in [0.4, 0.5) is 0 Å². The zero-order valence-corrected chi connectivity index (χ0v) is 10.6. The second kappa shape index (κ2) is 9.53. The number of thiol groups is 2. The van der Waals surface area contributed by atoms with Crippen LogP contribution in [-0.2, 0) is 0 Å². The lowest BCUT2D eigenvalue weighted by Gasteiger charge is -2.04. The van der Waals surface area contributed by atoms with E-state index in [0.717, 1.165) is 5.75 Å². The third-order valence-corrected chi connectivity index (χ3v) is 2.24. The van der Waals surface area contributed by atoms with Gasteiger partial charge in [-0.3, -0.25) is 0 Å². The van der Waals surface area contributed by atoms with Crippen molar-refractivity contribution >= 4 is 25.3 Å². The standard InChI is InChI=1S/C5H10S.C5H12S/c1-5(2)3-4-6;1-4(2)5(3)6/h3,6H,4H2,1-2H3;4-6H,1-3H3. The third-order valence-electron chi connectivity index (χ3n) is 1.46. The molecule has 0 fully saturated rings. The van der Waals surface area contributed by atoms with Crippen LogP contribution < -0.4 is 0 Å². The lowest BCUT2D eigenvalue weighted by atomic mass is 10.2. The third kappa shape index (κ3) is 16.8. The van der Waals surface area contributed by atoms with E-state index in [1.807, 2.05) is 0 Å². The van der Waals surface area contributed by atoms with Crippen LogP contribution in [0.15, 0.2) is 11.6 Å². The predicted molar refractivity (Wildman–Crippen MR) is 66.6 cm³/mol. The Labute approximate surface area is 88.7 Å². The average Bonchev–Trinajstić information content (AvgIpc) is 1.87. The normalized spacial score (nSPS) is 11.7. The van der Waals surface area contributed by atoms with Crippen LogP contribution in [0.5, 0.6) is 0 Å². The molecule has 0 aliphatic carbocycles. The van der Waals surface area contributed by atoms with E-state index in [-0.39, 0.29) is 0 Å². The van der Waals surface area contributed by atoms with Gasteiger partial charge in [0.2, 0.25) is 0 Å². The second-order valence-electron chi connectivity index (χ2n) is 3.45. The minimum atomic E-state index is 0.546. The first-order valence-corrected chi connectivity index (χ1v) is 5.49. The average molecular weight is 206 g/mol. The highest BCUT2D eigenvalue weighted by Gasteiger charge is 1.96. The predicted octanol–water partition coefficient (Wildman–Crippen LogP) is 3.84. The van der Waals surface area contributed by atoms with Gasteiger partial charge in [0.15, 0.2) is 0 Å². The van der Waals surface area contributed by atoms with Crippen molar-refractivity contribution < 1.29 is 0 Å². The molecule has 0 spiro atoms. The van der Waals surface area contributed by atoms with Crippen molar-refractivity contribution in [1.29, 1.82) is 0 Å². The molecule has 1 unspecified atom stereocenters. The summed E-state index contributed by atoms with van der Waals surface area (Å²) in [5.41, 5.74) is 1.34. The zero-order chi connectivity index (χ0) is 10.1. The van der Waals surface area contributed by atoms with E-state index in [9.17, 15) is 0 Å². The Kier molecular flexibility index (Phi) is 11.9. The van der Waals surface area contributed by atoms with Crippen LogP contribution in [0.25, 0.3) is 0 Å². The van der Waals surface area contributed by atoms with Crippen molar-refractivity contribution in [2.75, 3.05) is 5.75 Å². The van der Waals surface area contributed by atoms with Gasteiger partial charge in [0.25, 0.3) is 0 Å². The minimum Gasteiger partial charge on any atom is -0.176 e. The number of rotatable bonds is 2. The first-order valence-electron chi connectivity index (χ1n) is 4.34. The molecular weight excluding hydrogens is 184 g/mol. The number of hydrogen-bond acceptors (Lipinski definition) is 2. The lowest BCUT2D eigenvalue weighted by molar-refractivity contribution is 0.646. The highest BCUT2D eigenvalue weighted by Crippen LogP contribution is 2.05. The van der Waals surface area contributed by atoms with E-state index in [1.165, 1.54) is 5.57 Å². The summed E-state index contributed by atoms with van der Waals surface area (Å²) in [6, 6.07) is 0. The molecular formula is C10H22S2. The van der Waals surface area contributed by atoms with Crippen LogP contribution in [0.2, 0.25) is 0 Å². The van der Waals surface area contributed by atoms with Gasteiger partial charge in [-0.1, -0.05) is 32.4 Å².